The second kappa shape index (κ2) is 6.23. The topological polar surface area (TPSA) is 88.0 Å². The number of aromatic carboxylic acids is 1. The summed E-state index contributed by atoms with van der Waals surface area (Å²) in [5.74, 6) is 0.274. The summed E-state index contributed by atoms with van der Waals surface area (Å²) in [6.07, 6.45) is 3.41. The summed E-state index contributed by atoms with van der Waals surface area (Å²) in [4.78, 5) is 23.8. The Labute approximate surface area is 132 Å². The Morgan fingerprint density at radius 3 is 2.57 bits per heavy atom. The van der Waals surface area contributed by atoms with Crippen molar-refractivity contribution in [3.8, 4) is 11.4 Å². The van der Waals surface area contributed by atoms with E-state index in [4.69, 9.17) is 5.11 Å². The molecule has 2 N–H and O–H groups in total. The van der Waals surface area contributed by atoms with Crippen molar-refractivity contribution >= 4 is 17.5 Å². The normalized spacial score (nSPS) is 10.3. The Morgan fingerprint density at radius 2 is 1.91 bits per heavy atom. The number of benzene rings is 1. The van der Waals surface area contributed by atoms with Crippen LogP contribution >= 0.6 is 0 Å². The van der Waals surface area contributed by atoms with Gasteiger partial charge in [0.2, 0.25) is 0 Å². The predicted octanol–water partition coefficient (Wildman–Crippen LogP) is 3.29. The van der Waals surface area contributed by atoms with Crippen molar-refractivity contribution in [2.45, 2.75) is 6.92 Å². The van der Waals surface area contributed by atoms with E-state index < -0.39 is 5.97 Å². The zero-order valence-corrected chi connectivity index (χ0v) is 12.4. The summed E-state index contributed by atoms with van der Waals surface area (Å²) in [6.45, 7) is 1.89. The number of aromatic nitrogens is 3. The second-order valence-corrected chi connectivity index (χ2v) is 4.97. The summed E-state index contributed by atoms with van der Waals surface area (Å²) >= 11 is 0. The third-order valence-electron chi connectivity index (χ3n) is 3.18. The van der Waals surface area contributed by atoms with Gasteiger partial charge in [-0.15, -0.1) is 0 Å². The number of carbonyl (C=O) groups is 1. The number of hydrogen-bond acceptors (Lipinski definition) is 5. The highest BCUT2D eigenvalue weighted by molar-refractivity contribution is 5.88. The third-order valence-corrected chi connectivity index (χ3v) is 3.18. The summed E-state index contributed by atoms with van der Waals surface area (Å²) in [7, 11) is 0. The number of aryl methyl sites for hydroxylation is 1. The van der Waals surface area contributed by atoms with E-state index in [2.05, 4.69) is 20.3 Å². The third kappa shape index (κ3) is 3.49. The molecular formula is C17H14N4O2. The first-order valence-electron chi connectivity index (χ1n) is 6.98. The highest BCUT2D eigenvalue weighted by Gasteiger charge is 2.06. The first kappa shape index (κ1) is 14.6. The maximum absolute atomic E-state index is 10.9. The van der Waals surface area contributed by atoms with E-state index in [-0.39, 0.29) is 5.56 Å². The summed E-state index contributed by atoms with van der Waals surface area (Å²) in [5, 5.41) is 12.1. The van der Waals surface area contributed by atoms with Gasteiger partial charge in [-0.2, -0.15) is 0 Å². The van der Waals surface area contributed by atoms with E-state index in [0.29, 0.717) is 11.6 Å². The number of nitrogens with zero attached hydrogens (tertiary/aromatic N) is 3. The number of carboxylic acid groups (broad SMARTS) is 1. The molecule has 3 rings (SSSR count). The first-order chi connectivity index (χ1) is 11.1. The molecule has 23 heavy (non-hydrogen) atoms. The lowest BCUT2D eigenvalue weighted by Gasteiger charge is -2.09. The van der Waals surface area contributed by atoms with E-state index in [1.807, 2.05) is 25.1 Å². The quantitative estimate of drug-likeness (QED) is 0.769. The molecule has 0 aliphatic carbocycles. The molecule has 0 aliphatic heterocycles. The number of hydrogen-bond donors (Lipinski definition) is 2. The van der Waals surface area contributed by atoms with Crippen LogP contribution in [0.5, 0.6) is 0 Å². The minimum atomic E-state index is -0.951. The molecule has 0 radical (unpaired) electrons. The van der Waals surface area contributed by atoms with Gasteiger partial charge in [-0.3, -0.25) is 4.98 Å². The molecule has 1 aromatic carbocycles. The molecular weight excluding hydrogens is 292 g/mol. The Kier molecular flexibility index (Phi) is 3.97. The van der Waals surface area contributed by atoms with Crippen LogP contribution in [0.4, 0.5) is 11.5 Å². The van der Waals surface area contributed by atoms with Gasteiger partial charge in [0.15, 0.2) is 5.82 Å². The van der Waals surface area contributed by atoms with Crippen molar-refractivity contribution in [3.63, 3.8) is 0 Å². The Balaban J connectivity index is 1.88. The van der Waals surface area contributed by atoms with E-state index >= 15 is 0 Å². The van der Waals surface area contributed by atoms with Gasteiger partial charge in [-0.05, 0) is 43.3 Å². The van der Waals surface area contributed by atoms with Gasteiger partial charge in [-0.25, -0.2) is 14.8 Å². The largest absolute Gasteiger partial charge is 0.478 e. The smallest absolute Gasteiger partial charge is 0.335 e. The molecule has 0 unspecified atom stereocenters. The van der Waals surface area contributed by atoms with E-state index in [0.717, 1.165) is 16.9 Å². The first-order valence-corrected chi connectivity index (χ1v) is 6.98. The molecule has 114 valence electrons. The Hall–Kier alpha value is -3.28. The van der Waals surface area contributed by atoms with Crippen molar-refractivity contribution in [1.82, 2.24) is 15.0 Å². The summed E-state index contributed by atoms with van der Waals surface area (Å²) in [5.41, 5.74) is 2.65. The van der Waals surface area contributed by atoms with Crippen LogP contribution < -0.4 is 5.32 Å². The molecule has 0 atom stereocenters. The fourth-order valence-corrected chi connectivity index (χ4v) is 2.10. The van der Waals surface area contributed by atoms with Gasteiger partial charge in [-0.1, -0.05) is 0 Å². The Bertz CT molecular complexity index is 833. The monoisotopic (exact) mass is 306 g/mol. The van der Waals surface area contributed by atoms with Crippen molar-refractivity contribution in [2.24, 2.45) is 0 Å². The SMILES string of the molecule is Cc1cc(Nc2ccc(C(=O)O)cc2)nc(-c2cccnc2)n1. The van der Waals surface area contributed by atoms with Crippen LogP contribution in [0, 0.1) is 6.92 Å². The van der Waals surface area contributed by atoms with Crippen molar-refractivity contribution in [2.75, 3.05) is 5.32 Å². The minimum Gasteiger partial charge on any atom is -0.478 e. The fraction of sp³-hybridized carbons (Fsp3) is 0.0588. The molecule has 2 heterocycles. The van der Waals surface area contributed by atoms with Crippen LogP contribution in [0.2, 0.25) is 0 Å². The van der Waals surface area contributed by atoms with Crippen LogP contribution in [-0.4, -0.2) is 26.0 Å². The Morgan fingerprint density at radius 1 is 1.13 bits per heavy atom. The lowest BCUT2D eigenvalue weighted by molar-refractivity contribution is 0.0697. The van der Waals surface area contributed by atoms with Crippen molar-refractivity contribution < 1.29 is 9.90 Å². The molecule has 6 nitrogen and oxygen atoms in total. The van der Waals surface area contributed by atoms with E-state index in [9.17, 15) is 4.79 Å². The molecule has 0 amide bonds. The highest BCUT2D eigenvalue weighted by Crippen LogP contribution is 2.20. The number of carboxylic acids is 1. The van der Waals surface area contributed by atoms with Gasteiger partial charge >= 0.3 is 5.97 Å². The zero-order chi connectivity index (χ0) is 16.2. The number of pyridine rings is 1. The molecule has 3 aromatic rings. The van der Waals surface area contributed by atoms with Crippen LogP contribution in [-0.2, 0) is 0 Å². The van der Waals surface area contributed by atoms with Crippen molar-refractivity contribution in [1.29, 1.82) is 0 Å². The van der Waals surface area contributed by atoms with Crippen molar-refractivity contribution in [3.05, 3.63) is 66.1 Å². The summed E-state index contributed by atoms with van der Waals surface area (Å²) in [6, 6.07) is 12.0. The zero-order valence-electron chi connectivity index (χ0n) is 12.4. The van der Waals surface area contributed by atoms with E-state index in [1.165, 1.54) is 0 Å². The van der Waals surface area contributed by atoms with E-state index in [1.54, 1.807) is 36.7 Å². The minimum absolute atomic E-state index is 0.241. The average Bonchev–Trinajstić information content (AvgIpc) is 2.55. The molecule has 0 fully saturated rings. The van der Waals surface area contributed by atoms with Gasteiger partial charge in [0.25, 0.3) is 0 Å². The lowest BCUT2D eigenvalue weighted by atomic mass is 10.2. The molecule has 0 bridgehead atoms. The van der Waals surface area contributed by atoms with Crippen LogP contribution in [0.1, 0.15) is 16.1 Å². The van der Waals surface area contributed by atoms with Gasteiger partial charge in [0, 0.05) is 35.4 Å². The lowest BCUT2D eigenvalue weighted by Crippen LogP contribution is -2.00. The number of nitrogens with one attached hydrogen (secondary N) is 1. The molecule has 0 spiro atoms. The fourth-order valence-electron chi connectivity index (χ4n) is 2.10. The highest BCUT2D eigenvalue weighted by atomic mass is 16.4. The van der Waals surface area contributed by atoms with Gasteiger partial charge in [0.05, 0.1) is 5.56 Å². The number of rotatable bonds is 4. The average molecular weight is 306 g/mol. The maximum Gasteiger partial charge on any atom is 0.335 e. The molecule has 0 saturated heterocycles. The molecule has 6 heteroatoms. The van der Waals surface area contributed by atoms with Gasteiger partial charge < -0.3 is 10.4 Å². The number of anilines is 2. The molecule has 2 aromatic heterocycles. The second-order valence-electron chi connectivity index (χ2n) is 4.97. The molecule has 0 aliphatic rings. The maximum atomic E-state index is 10.9. The molecule has 0 saturated carbocycles. The standard InChI is InChI=1S/C17H14N4O2/c1-11-9-15(20-14-6-4-12(5-7-14)17(22)23)21-16(19-11)13-3-2-8-18-10-13/h2-10H,1H3,(H,22,23)(H,19,20,21). The summed E-state index contributed by atoms with van der Waals surface area (Å²) < 4.78 is 0. The van der Waals surface area contributed by atoms with Gasteiger partial charge in [0.1, 0.15) is 5.82 Å². The van der Waals surface area contributed by atoms with Crippen LogP contribution in [0.3, 0.4) is 0 Å². The van der Waals surface area contributed by atoms with Crippen LogP contribution in [0.25, 0.3) is 11.4 Å². The van der Waals surface area contributed by atoms with Crippen LogP contribution in [0.15, 0.2) is 54.9 Å². The predicted molar refractivity (Wildman–Crippen MR) is 86.7 cm³/mol.